The molecule has 3 saturated heterocycles. The van der Waals surface area contributed by atoms with Crippen LogP contribution < -0.4 is 0 Å². The number of rotatable bonds is 11. The Balaban J connectivity index is 2.07. The van der Waals surface area contributed by atoms with E-state index in [0.29, 0.717) is 45.2 Å². The van der Waals surface area contributed by atoms with Crippen LogP contribution in [0, 0.1) is 11.8 Å². The summed E-state index contributed by atoms with van der Waals surface area (Å²) in [5.41, 5.74) is -2.30. The Kier molecular flexibility index (Phi) is 7.82. The summed E-state index contributed by atoms with van der Waals surface area (Å²) in [6, 6.07) is -0.800. The van der Waals surface area contributed by atoms with Crippen LogP contribution in [0.2, 0.25) is 0 Å². The van der Waals surface area contributed by atoms with E-state index in [1.807, 2.05) is 27.7 Å². The van der Waals surface area contributed by atoms with Crippen LogP contribution in [0.1, 0.15) is 73.1 Å². The molecular formula is C26H42N2O6. The van der Waals surface area contributed by atoms with Crippen molar-refractivity contribution in [3.63, 3.8) is 0 Å². The zero-order valence-corrected chi connectivity index (χ0v) is 21.5. The highest BCUT2D eigenvalue weighted by Gasteiger charge is 2.79. The van der Waals surface area contributed by atoms with Gasteiger partial charge in [0.25, 0.3) is 0 Å². The normalized spacial score (nSPS) is 32.1. The number of carbonyl (C=O) groups excluding carboxylic acids is 3. The van der Waals surface area contributed by atoms with Gasteiger partial charge in [0.2, 0.25) is 11.8 Å². The average molecular weight is 479 g/mol. The Morgan fingerprint density at radius 3 is 2.53 bits per heavy atom. The Morgan fingerprint density at radius 1 is 1.26 bits per heavy atom. The first-order valence-electron chi connectivity index (χ1n) is 12.7. The van der Waals surface area contributed by atoms with Crippen LogP contribution in [0.15, 0.2) is 12.7 Å². The van der Waals surface area contributed by atoms with E-state index in [2.05, 4.69) is 6.58 Å². The van der Waals surface area contributed by atoms with Crippen molar-refractivity contribution >= 4 is 17.8 Å². The van der Waals surface area contributed by atoms with Crippen molar-refractivity contribution in [2.75, 3.05) is 26.3 Å². The third kappa shape index (κ3) is 4.17. The second-order valence-electron chi connectivity index (χ2n) is 10.8. The van der Waals surface area contributed by atoms with Crippen molar-refractivity contribution in [3.8, 4) is 0 Å². The first kappa shape index (κ1) is 26.7. The summed E-state index contributed by atoms with van der Waals surface area (Å²) >= 11 is 0. The van der Waals surface area contributed by atoms with Gasteiger partial charge >= 0.3 is 5.97 Å². The zero-order chi connectivity index (χ0) is 25.3. The Labute approximate surface area is 203 Å². The predicted octanol–water partition coefficient (Wildman–Crippen LogP) is 2.68. The summed E-state index contributed by atoms with van der Waals surface area (Å²) in [5, 5.41) is 9.17. The van der Waals surface area contributed by atoms with Crippen molar-refractivity contribution in [1.29, 1.82) is 0 Å². The largest absolute Gasteiger partial charge is 0.466 e. The molecule has 34 heavy (non-hydrogen) atoms. The minimum Gasteiger partial charge on any atom is -0.466 e. The van der Waals surface area contributed by atoms with Crippen LogP contribution in [0.5, 0.6) is 0 Å². The molecule has 3 aliphatic rings. The number of unbranched alkanes of at least 4 members (excludes halogenated alkanes) is 2. The van der Waals surface area contributed by atoms with Gasteiger partial charge in [-0.1, -0.05) is 13.0 Å². The number of carbonyl (C=O) groups is 3. The third-order valence-corrected chi connectivity index (χ3v) is 7.90. The molecule has 0 aromatic carbocycles. The SMILES string of the molecule is C=CCN(C(=O)C1N(CCCCCO)C(=O)[C@@H]2[C@H](C(=O)OCC)[C@]3(CC)CCC12O3)C(C)(C)C. The smallest absolute Gasteiger partial charge is 0.312 e. The van der Waals surface area contributed by atoms with Crippen LogP contribution >= 0.6 is 0 Å². The number of hydrogen-bond acceptors (Lipinski definition) is 6. The number of likely N-dealkylation sites (tertiary alicyclic amines) is 1. The molecule has 0 aromatic heterocycles. The molecule has 3 fully saturated rings. The van der Waals surface area contributed by atoms with Gasteiger partial charge in [-0.25, -0.2) is 0 Å². The van der Waals surface area contributed by atoms with Crippen LogP contribution in [-0.4, -0.2) is 81.8 Å². The van der Waals surface area contributed by atoms with Crippen molar-refractivity contribution in [1.82, 2.24) is 9.80 Å². The first-order valence-corrected chi connectivity index (χ1v) is 12.7. The molecule has 3 aliphatic heterocycles. The van der Waals surface area contributed by atoms with Gasteiger partial charge < -0.3 is 24.4 Å². The first-order chi connectivity index (χ1) is 16.0. The Hall–Kier alpha value is -1.93. The number of fused-ring (bicyclic) bond motifs is 1. The quantitative estimate of drug-likeness (QED) is 0.279. The van der Waals surface area contributed by atoms with Gasteiger partial charge in [-0.15, -0.1) is 6.58 Å². The second-order valence-corrected chi connectivity index (χ2v) is 10.8. The van der Waals surface area contributed by atoms with E-state index < -0.39 is 40.6 Å². The molecule has 0 radical (unpaired) electrons. The van der Waals surface area contributed by atoms with E-state index in [9.17, 15) is 14.4 Å². The molecule has 3 heterocycles. The fourth-order valence-electron chi connectivity index (χ4n) is 6.37. The van der Waals surface area contributed by atoms with E-state index in [4.69, 9.17) is 14.6 Å². The molecule has 0 aromatic rings. The standard InChI is InChI=1S/C26H42N2O6/c1-7-15-28(24(4,5)6)22(31)20-26-14-13-25(8-2,34-26)19(23(32)33-9-3)18(26)21(30)27(20)16-11-10-12-17-29/h7,18-20,29H,1,8-17H2,2-6H3/t18-,19+,20?,25-,26?/m0/s1. The summed E-state index contributed by atoms with van der Waals surface area (Å²) in [6.45, 7) is 14.5. The lowest BCUT2D eigenvalue weighted by Gasteiger charge is -2.42. The van der Waals surface area contributed by atoms with Crippen molar-refractivity contribution < 1.29 is 29.0 Å². The van der Waals surface area contributed by atoms with Crippen molar-refractivity contribution in [3.05, 3.63) is 12.7 Å². The number of esters is 1. The number of nitrogens with zero attached hydrogens (tertiary/aromatic N) is 2. The number of amides is 2. The number of aliphatic hydroxyl groups is 1. The van der Waals surface area contributed by atoms with Crippen LogP contribution in [0.25, 0.3) is 0 Å². The maximum Gasteiger partial charge on any atom is 0.312 e. The fourth-order valence-corrected chi connectivity index (χ4v) is 6.37. The van der Waals surface area contributed by atoms with Gasteiger partial charge in [-0.3, -0.25) is 14.4 Å². The van der Waals surface area contributed by atoms with Crippen LogP contribution in [0.4, 0.5) is 0 Å². The number of hydrogen-bond donors (Lipinski definition) is 1. The van der Waals surface area contributed by atoms with Gasteiger partial charge in [0.1, 0.15) is 17.6 Å². The van der Waals surface area contributed by atoms with Gasteiger partial charge in [0, 0.05) is 25.2 Å². The van der Waals surface area contributed by atoms with Crippen molar-refractivity contribution in [2.24, 2.45) is 11.8 Å². The molecule has 2 amide bonds. The molecule has 192 valence electrons. The minimum atomic E-state index is -1.04. The monoisotopic (exact) mass is 478 g/mol. The lowest BCUT2D eigenvalue weighted by Crippen LogP contribution is -2.60. The highest BCUT2D eigenvalue weighted by Crippen LogP contribution is 2.64. The summed E-state index contributed by atoms with van der Waals surface area (Å²) < 4.78 is 12.1. The maximum atomic E-state index is 14.2. The maximum absolute atomic E-state index is 14.2. The van der Waals surface area contributed by atoms with Crippen LogP contribution in [-0.2, 0) is 23.9 Å². The topological polar surface area (TPSA) is 96.4 Å². The zero-order valence-electron chi connectivity index (χ0n) is 21.5. The summed E-state index contributed by atoms with van der Waals surface area (Å²) in [4.78, 5) is 44.7. The molecular weight excluding hydrogens is 436 g/mol. The fraction of sp³-hybridized carbons (Fsp3) is 0.808. The molecule has 8 nitrogen and oxygen atoms in total. The molecule has 1 N–H and O–H groups in total. The minimum absolute atomic E-state index is 0.0903. The summed E-state index contributed by atoms with van der Waals surface area (Å²) in [5.74, 6) is -2.20. The Morgan fingerprint density at radius 2 is 1.97 bits per heavy atom. The third-order valence-electron chi connectivity index (χ3n) is 7.90. The Bertz CT molecular complexity index is 808. The summed E-state index contributed by atoms with van der Waals surface area (Å²) in [7, 11) is 0. The molecule has 1 spiro atoms. The van der Waals surface area contributed by atoms with Crippen LogP contribution in [0.3, 0.4) is 0 Å². The molecule has 8 heteroatoms. The van der Waals surface area contributed by atoms with E-state index >= 15 is 0 Å². The molecule has 2 unspecified atom stereocenters. The number of aliphatic hydroxyl groups excluding tert-OH is 1. The van der Waals surface area contributed by atoms with E-state index in [-0.39, 0.29) is 25.0 Å². The van der Waals surface area contributed by atoms with Crippen molar-refractivity contribution in [2.45, 2.75) is 95.9 Å². The lowest BCUT2D eigenvalue weighted by molar-refractivity contribution is -0.162. The average Bonchev–Trinajstić information content (AvgIpc) is 3.38. The predicted molar refractivity (Wildman–Crippen MR) is 128 cm³/mol. The molecule has 0 saturated carbocycles. The second kappa shape index (κ2) is 9.97. The molecule has 5 atom stereocenters. The van der Waals surface area contributed by atoms with E-state index in [1.165, 1.54) is 0 Å². The lowest BCUT2D eigenvalue weighted by atomic mass is 9.65. The van der Waals surface area contributed by atoms with Gasteiger partial charge in [0.15, 0.2) is 0 Å². The van der Waals surface area contributed by atoms with E-state index in [0.717, 1.165) is 6.42 Å². The summed E-state index contributed by atoms with van der Waals surface area (Å²) in [6.07, 6.45) is 5.51. The molecule has 2 bridgehead atoms. The molecule has 0 aliphatic carbocycles. The van der Waals surface area contributed by atoms with Gasteiger partial charge in [-0.2, -0.15) is 0 Å². The highest BCUT2D eigenvalue weighted by atomic mass is 16.6. The van der Waals surface area contributed by atoms with E-state index in [1.54, 1.807) is 22.8 Å². The molecule has 3 rings (SSSR count). The van der Waals surface area contributed by atoms with Gasteiger partial charge in [0.05, 0.1) is 18.1 Å². The number of ether oxygens (including phenoxy) is 2. The van der Waals surface area contributed by atoms with Gasteiger partial charge in [-0.05, 0) is 66.2 Å². The highest BCUT2D eigenvalue weighted by molar-refractivity contribution is 5.98.